The summed E-state index contributed by atoms with van der Waals surface area (Å²) in [5.74, 6) is -0.700. The van der Waals surface area contributed by atoms with Crippen molar-refractivity contribution in [3.63, 3.8) is 0 Å². The fourth-order valence-electron chi connectivity index (χ4n) is 2.45. The van der Waals surface area contributed by atoms with E-state index in [2.05, 4.69) is 10.3 Å². The number of hydrogen-bond acceptors (Lipinski definition) is 5. The van der Waals surface area contributed by atoms with Crippen molar-refractivity contribution in [1.82, 2.24) is 4.98 Å². The lowest BCUT2D eigenvalue weighted by Gasteiger charge is -2.05. The minimum absolute atomic E-state index is 0.140. The Balaban J connectivity index is 1.56. The van der Waals surface area contributed by atoms with Crippen LogP contribution in [0.5, 0.6) is 0 Å². The van der Waals surface area contributed by atoms with Gasteiger partial charge in [-0.15, -0.1) is 11.3 Å². The number of thiazole rings is 1. The smallest absolute Gasteiger partial charge is 0.227 e. The number of hydrogen-bond donors (Lipinski definition) is 1. The summed E-state index contributed by atoms with van der Waals surface area (Å²) in [4.78, 5) is 17.4. The van der Waals surface area contributed by atoms with Crippen molar-refractivity contribution in [3.05, 3.63) is 75.2 Å². The Morgan fingerprint density at radius 2 is 1.79 bits per heavy atom. The van der Waals surface area contributed by atoms with Crippen molar-refractivity contribution >= 4 is 55.4 Å². The number of nitrogens with zero attached hydrogens (tertiary/aromatic N) is 1. The maximum atomic E-state index is 12.3. The first-order chi connectivity index (χ1) is 13.3. The highest BCUT2D eigenvalue weighted by molar-refractivity contribution is 7.91. The molecule has 5 nitrogen and oxygen atoms in total. The van der Waals surface area contributed by atoms with Crippen molar-refractivity contribution in [2.24, 2.45) is 0 Å². The third kappa shape index (κ3) is 5.54. The number of carbonyl (C=O) groups excluding carboxylic acids is 1. The molecule has 1 N–H and O–H groups in total. The van der Waals surface area contributed by atoms with Gasteiger partial charge in [0, 0.05) is 34.0 Å². The summed E-state index contributed by atoms with van der Waals surface area (Å²) in [6.07, 6.45) is 2.12. The van der Waals surface area contributed by atoms with E-state index in [9.17, 15) is 13.2 Å². The molecule has 9 heteroatoms. The maximum Gasteiger partial charge on any atom is 0.227 e. The van der Waals surface area contributed by atoms with Gasteiger partial charge in [0.2, 0.25) is 5.91 Å². The molecular weight excluding hydrogens is 439 g/mol. The Morgan fingerprint density at radius 3 is 2.50 bits per heavy atom. The molecule has 0 fully saturated rings. The zero-order valence-electron chi connectivity index (χ0n) is 14.6. The van der Waals surface area contributed by atoms with Gasteiger partial charge in [0.05, 0.1) is 10.6 Å². The Hall–Kier alpha value is -1.93. The van der Waals surface area contributed by atoms with Gasteiger partial charge in [-0.1, -0.05) is 41.4 Å². The van der Waals surface area contributed by atoms with Crippen LogP contribution in [0.15, 0.2) is 59.6 Å². The van der Waals surface area contributed by atoms with E-state index < -0.39 is 15.7 Å². The molecule has 1 heterocycles. The highest BCUT2D eigenvalue weighted by atomic mass is 35.5. The number of halogens is 2. The predicted molar refractivity (Wildman–Crippen MR) is 113 cm³/mol. The third-order valence-corrected chi connectivity index (χ3v) is 7.16. The zero-order chi connectivity index (χ0) is 20.1. The largest absolute Gasteiger partial charge is 0.302 e. The maximum absolute atomic E-state index is 12.3. The van der Waals surface area contributed by atoms with E-state index in [1.54, 1.807) is 6.20 Å². The highest BCUT2D eigenvalue weighted by Crippen LogP contribution is 2.25. The number of nitrogens with one attached hydrogen (secondary N) is 1. The van der Waals surface area contributed by atoms with E-state index in [-0.39, 0.29) is 17.1 Å². The molecule has 0 radical (unpaired) electrons. The van der Waals surface area contributed by atoms with Gasteiger partial charge in [-0.25, -0.2) is 13.4 Å². The third-order valence-electron chi connectivity index (χ3n) is 3.89. The molecule has 28 heavy (non-hydrogen) atoms. The molecule has 1 aromatic heterocycles. The molecule has 2 aromatic carbocycles. The Bertz CT molecular complexity index is 1080. The van der Waals surface area contributed by atoms with E-state index in [1.165, 1.54) is 35.6 Å². The first kappa shape index (κ1) is 20.8. The first-order valence-electron chi connectivity index (χ1n) is 8.30. The quantitative estimate of drug-likeness (QED) is 0.553. The second-order valence-electron chi connectivity index (χ2n) is 5.97. The number of rotatable bonds is 7. The molecule has 0 unspecified atom stereocenters. The van der Waals surface area contributed by atoms with Crippen LogP contribution in [0.3, 0.4) is 0 Å². The summed E-state index contributed by atoms with van der Waals surface area (Å²) in [6.45, 7) is 0. The molecule has 0 saturated carbocycles. The van der Waals surface area contributed by atoms with Crippen LogP contribution in [0, 0.1) is 0 Å². The summed E-state index contributed by atoms with van der Waals surface area (Å²) in [5, 5.41) is 4.20. The van der Waals surface area contributed by atoms with E-state index >= 15 is 0 Å². The zero-order valence-corrected chi connectivity index (χ0v) is 17.7. The molecule has 0 aliphatic carbocycles. The van der Waals surface area contributed by atoms with Crippen molar-refractivity contribution < 1.29 is 13.2 Å². The SMILES string of the molecule is O=C(CCS(=O)(=O)c1ccc(Cl)cc1)Nc1ncc(Cc2ccccc2Cl)s1. The van der Waals surface area contributed by atoms with Gasteiger partial charge >= 0.3 is 0 Å². The number of benzene rings is 2. The average Bonchev–Trinajstić information content (AvgIpc) is 3.09. The lowest BCUT2D eigenvalue weighted by molar-refractivity contribution is -0.115. The summed E-state index contributed by atoms with van der Waals surface area (Å²) < 4.78 is 24.6. The Kier molecular flexibility index (Phi) is 6.72. The number of carbonyl (C=O) groups is 1. The molecule has 0 atom stereocenters. The number of aromatic nitrogens is 1. The van der Waals surface area contributed by atoms with Crippen LogP contribution in [0.25, 0.3) is 0 Å². The van der Waals surface area contributed by atoms with Crippen LogP contribution in [0.1, 0.15) is 16.9 Å². The van der Waals surface area contributed by atoms with Crippen LogP contribution < -0.4 is 5.32 Å². The first-order valence-corrected chi connectivity index (χ1v) is 11.5. The summed E-state index contributed by atoms with van der Waals surface area (Å²) in [7, 11) is -3.56. The number of sulfone groups is 1. The van der Waals surface area contributed by atoms with Gasteiger partial charge in [0.15, 0.2) is 15.0 Å². The molecule has 0 bridgehead atoms. The monoisotopic (exact) mass is 454 g/mol. The molecule has 3 rings (SSSR count). The van der Waals surface area contributed by atoms with Gasteiger partial charge in [-0.05, 0) is 35.9 Å². The second-order valence-corrected chi connectivity index (χ2v) is 10.0. The Morgan fingerprint density at radius 1 is 1.07 bits per heavy atom. The van der Waals surface area contributed by atoms with Crippen molar-refractivity contribution in [2.45, 2.75) is 17.7 Å². The minimum atomic E-state index is -3.56. The van der Waals surface area contributed by atoms with Gasteiger partial charge < -0.3 is 5.32 Å². The molecular formula is C19H16Cl2N2O3S2. The molecule has 0 aliphatic rings. The van der Waals surface area contributed by atoms with E-state index in [0.717, 1.165) is 10.4 Å². The van der Waals surface area contributed by atoms with Crippen molar-refractivity contribution in [1.29, 1.82) is 0 Å². The molecule has 0 aliphatic heterocycles. The average molecular weight is 455 g/mol. The molecule has 0 spiro atoms. The van der Waals surface area contributed by atoms with Crippen LogP contribution in [0.2, 0.25) is 10.0 Å². The van der Waals surface area contributed by atoms with Gasteiger partial charge in [0.1, 0.15) is 0 Å². The lowest BCUT2D eigenvalue weighted by Crippen LogP contribution is -2.17. The number of anilines is 1. The summed E-state index contributed by atoms with van der Waals surface area (Å²) in [5.41, 5.74) is 0.972. The Labute approximate surface area is 177 Å². The predicted octanol–water partition coefficient (Wildman–Crippen LogP) is 4.84. The van der Waals surface area contributed by atoms with Gasteiger partial charge in [-0.2, -0.15) is 0 Å². The molecule has 3 aromatic rings. The lowest BCUT2D eigenvalue weighted by atomic mass is 10.1. The van der Waals surface area contributed by atoms with Crippen molar-refractivity contribution in [2.75, 3.05) is 11.1 Å². The van der Waals surface area contributed by atoms with E-state index in [0.29, 0.717) is 21.6 Å². The number of amides is 1. The molecule has 1 amide bonds. The van der Waals surface area contributed by atoms with Crippen LogP contribution in [-0.2, 0) is 21.1 Å². The van der Waals surface area contributed by atoms with E-state index in [4.69, 9.17) is 23.2 Å². The van der Waals surface area contributed by atoms with Crippen LogP contribution in [-0.4, -0.2) is 25.1 Å². The van der Waals surface area contributed by atoms with E-state index in [1.807, 2.05) is 24.3 Å². The topological polar surface area (TPSA) is 76.1 Å². The van der Waals surface area contributed by atoms with Crippen LogP contribution in [0.4, 0.5) is 5.13 Å². The normalized spacial score (nSPS) is 11.4. The fraction of sp³-hybridized carbons (Fsp3) is 0.158. The minimum Gasteiger partial charge on any atom is -0.302 e. The molecule has 0 saturated heterocycles. The summed E-state index contributed by atoms with van der Waals surface area (Å²) in [6, 6.07) is 13.4. The second kappa shape index (κ2) is 9.05. The van der Waals surface area contributed by atoms with Gasteiger partial charge in [-0.3, -0.25) is 4.79 Å². The molecule has 146 valence electrons. The highest BCUT2D eigenvalue weighted by Gasteiger charge is 2.17. The fourth-order valence-corrected chi connectivity index (χ4v) is 4.87. The van der Waals surface area contributed by atoms with Gasteiger partial charge in [0.25, 0.3) is 0 Å². The van der Waals surface area contributed by atoms with Crippen LogP contribution >= 0.6 is 34.5 Å². The summed E-state index contributed by atoms with van der Waals surface area (Å²) >= 11 is 13.3. The standard InChI is InChI=1S/C19H16Cl2N2O3S2/c20-14-5-7-16(8-6-14)28(25,26)10-9-18(24)23-19-22-12-15(27-19)11-13-3-1-2-4-17(13)21/h1-8,12H,9-11H2,(H,22,23,24). The van der Waals surface area contributed by atoms with Crippen molar-refractivity contribution in [3.8, 4) is 0 Å².